The van der Waals surface area contributed by atoms with E-state index in [1.165, 1.54) is 0 Å². The van der Waals surface area contributed by atoms with Crippen LogP contribution in [-0.4, -0.2) is 181 Å². The summed E-state index contributed by atoms with van der Waals surface area (Å²) >= 11 is 0. The van der Waals surface area contributed by atoms with Crippen LogP contribution in [0.15, 0.2) is 0 Å². The van der Waals surface area contributed by atoms with Crippen molar-refractivity contribution in [1.82, 2.24) is 5.32 Å². The first-order valence-electron chi connectivity index (χ1n) is 15.5. The summed E-state index contributed by atoms with van der Waals surface area (Å²) in [5.74, 6) is -1.43. The average molecular weight is 670 g/mol. The number of carbonyl (C=O) groups excluding carboxylic acids is 1. The molecule has 0 radical (unpaired) electrons. The van der Waals surface area contributed by atoms with Gasteiger partial charge < -0.3 is 93.2 Å². The number of Topliss-reactive ketones (excluding diaryl/α,β-unsaturated/α-hetero) is 1. The second-order valence-electron chi connectivity index (χ2n) is 13.1. The number of aliphatic hydroxyl groups is 9. The maximum absolute atomic E-state index is 13.1. The normalized spacial score (nSPS) is 48.9. The molecule has 18 N–H and O–H groups in total. The van der Waals surface area contributed by atoms with E-state index in [4.69, 9.17) is 47.0 Å². The van der Waals surface area contributed by atoms with Gasteiger partial charge >= 0.3 is 0 Å². The fourth-order valence-electron chi connectivity index (χ4n) is 6.58. The van der Waals surface area contributed by atoms with Crippen LogP contribution < -0.4 is 28.3 Å². The molecule has 0 aromatic rings. The summed E-state index contributed by atoms with van der Waals surface area (Å²) in [6.45, 7) is -0.889. The van der Waals surface area contributed by atoms with Gasteiger partial charge in [0.2, 0.25) is 0 Å². The van der Waals surface area contributed by atoms with E-state index in [-0.39, 0.29) is 51.4 Å². The molecule has 268 valence electrons. The number of ether oxygens (including phenoxy) is 4. The van der Waals surface area contributed by atoms with Crippen LogP contribution in [0.1, 0.15) is 25.7 Å². The number of rotatable bonds is 13. The third kappa shape index (κ3) is 8.04. The van der Waals surface area contributed by atoms with Gasteiger partial charge in [-0.3, -0.25) is 4.79 Å². The molecule has 4 aliphatic rings. The van der Waals surface area contributed by atoms with E-state index in [1.54, 1.807) is 0 Å². The molecule has 16 atom stereocenters. The lowest BCUT2D eigenvalue weighted by atomic mass is 9.69. The Morgan fingerprint density at radius 1 is 0.848 bits per heavy atom. The minimum Gasteiger partial charge on any atom is -0.395 e. The molecule has 0 aromatic carbocycles. The van der Waals surface area contributed by atoms with Gasteiger partial charge in [0, 0.05) is 37.6 Å². The Labute approximate surface area is 265 Å². The Balaban J connectivity index is 1.53. The van der Waals surface area contributed by atoms with Crippen molar-refractivity contribution in [2.24, 2.45) is 28.9 Å². The lowest BCUT2D eigenvalue weighted by molar-refractivity contribution is -0.335. The monoisotopic (exact) mass is 669 g/mol. The van der Waals surface area contributed by atoms with Crippen LogP contribution in [-0.2, 0) is 23.7 Å². The van der Waals surface area contributed by atoms with Gasteiger partial charge in [0.05, 0.1) is 25.4 Å². The van der Waals surface area contributed by atoms with E-state index < -0.39 is 116 Å². The zero-order valence-electron chi connectivity index (χ0n) is 25.3. The minimum atomic E-state index is -1.78. The van der Waals surface area contributed by atoms with Crippen LogP contribution in [0, 0.1) is 5.92 Å². The highest BCUT2D eigenvalue weighted by molar-refractivity contribution is 5.88. The SMILES string of the molecule is NC(CO)CNC[C@H]1O[C@H](OC2[C@@H](N)C[C@@H](CC(=O)C3(O)CC(N)C3)[C@H](O[C@H]3O[C@H](CO)[C@@H](O)[C@H](N)[C@H]3O)[C@H]2O)[C@H](O)[C@@H](O)[C@@H]1O. The Morgan fingerprint density at radius 2 is 1.46 bits per heavy atom. The first-order chi connectivity index (χ1) is 21.6. The number of hydrogen-bond donors (Lipinski definition) is 14. The largest absolute Gasteiger partial charge is 0.395 e. The van der Waals surface area contributed by atoms with Crippen LogP contribution in [0.4, 0.5) is 0 Å². The average Bonchev–Trinajstić information content (AvgIpc) is 3.00. The molecule has 0 amide bonds. The van der Waals surface area contributed by atoms with Crippen LogP contribution in [0.2, 0.25) is 0 Å². The molecule has 2 aliphatic heterocycles. The standard InChI is InChI=1S/C27H51N5O14/c28-10-3-27(42,4-10)15(35)2-9-1-12(30)24(22(41)23(9)45-25-19(38)16(31)17(36)14(8-34)44-25)46-26-21(40)20(39)18(37)13(43-26)6-32-5-11(29)7-33/h9-14,16-26,32-34,36-42H,1-8,28-31H2/t9-,10?,11?,12-,13+,14+,16-,17+,18+,19+,20-,21+,22+,23-,24?,25+,26+,27?/m0/s1. The molecule has 2 heterocycles. The fraction of sp³-hybridized carbons (Fsp3) is 0.963. The molecular formula is C27H51N5O14. The van der Waals surface area contributed by atoms with Crippen molar-refractivity contribution in [3.63, 3.8) is 0 Å². The van der Waals surface area contributed by atoms with Crippen LogP contribution in [0.3, 0.4) is 0 Å². The summed E-state index contributed by atoms with van der Waals surface area (Å²) in [4.78, 5) is 13.1. The van der Waals surface area contributed by atoms with E-state index >= 15 is 0 Å². The van der Waals surface area contributed by atoms with Gasteiger partial charge in [-0.1, -0.05) is 0 Å². The van der Waals surface area contributed by atoms with Gasteiger partial charge in [-0.05, 0) is 25.2 Å². The van der Waals surface area contributed by atoms with Crippen molar-refractivity contribution in [3.8, 4) is 0 Å². The van der Waals surface area contributed by atoms with Gasteiger partial charge in [0.15, 0.2) is 18.4 Å². The highest BCUT2D eigenvalue weighted by Crippen LogP contribution is 2.39. The lowest BCUT2D eigenvalue weighted by Crippen LogP contribution is -2.67. The predicted octanol–water partition coefficient (Wildman–Crippen LogP) is -8.24. The predicted molar refractivity (Wildman–Crippen MR) is 154 cm³/mol. The van der Waals surface area contributed by atoms with Crippen molar-refractivity contribution < 1.29 is 69.7 Å². The summed E-state index contributed by atoms with van der Waals surface area (Å²) in [6, 6.07) is -3.28. The minimum absolute atomic E-state index is 0.0424. The Morgan fingerprint density at radius 3 is 2.07 bits per heavy atom. The van der Waals surface area contributed by atoms with Crippen molar-refractivity contribution >= 4 is 5.78 Å². The molecule has 46 heavy (non-hydrogen) atoms. The number of carbonyl (C=O) groups is 1. The number of nitrogens with two attached hydrogens (primary N) is 4. The van der Waals surface area contributed by atoms with Crippen LogP contribution in [0.5, 0.6) is 0 Å². The van der Waals surface area contributed by atoms with Gasteiger partial charge in [0.25, 0.3) is 0 Å². The Hall–Kier alpha value is -1.05. The zero-order valence-corrected chi connectivity index (χ0v) is 25.3. The first-order valence-corrected chi connectivity index (χ1v) is 15.5. The second-order valence-corrected chi connectivity index (χ2v) is 13.1. The number of aliphatic hydroxyl groups excluding tert-OH is 8. The summed E-state index contributed by atoms with van der Waals surface area (Å²) < 4.78 is 23.2. The third-order valence-corrected chi connectivity index (χ3v) is 9.48. The van der Waals surface area contributed by atoms with Crippen molar-refractivity contribution in [1.29, 1.82) is 0 Å². The van der Waals surface area contributed by atoms with Crippen molar-refractivity contribution in [2.45, 2.75) is 129 Å². The Kier molecular flexibility index (Phi) is 12.9. The maximum Gasteiger partial charge on any atom is 0.187 e. The van der Waals surface area contributed by atoms with E-state index in [2.05, 4.69) is 5.32 Å². The summed E-state index contributed by atoms with van der Waals surface area (Å²) in [6.07, 6.45) is -18.4. The summed E-state index contributed by atoms with van der Waals surface area (Å²) in [5, 5.41) is 96.6. The molecule has 0 aromatic heterocycles. The molecule has 4 fully saturated rings. The number of ketones is 1. The molecule has 4 rings (SSSR count). The smallest absolute Gasteiger partial charge is 0.187 e. The van der Waals surface area contributed by atoms with Crippen molar-refractivity contribution in [2.75, 3.05) is 26.3 Å². The van der Waals surface area contributed by atoms with E-state index in [1.807, 2.05) is 0 Å². The first kappa shape index (κ1) is 37.8. The highest BCUT2D eigenvalue weighted by atomic mass is 16.7. The lowest BCUT2D eigenvalue weighted by Gasteiger charge is -2.49. The number of nitrogens with one attached hydrogen (secondary N) is 1. The maximum atomic E-state index is 13.1. The van der Waals surface area contributed by atoms with Gasteiger partial charge in [-0.25, -0.2) is 0 Å². The molecule has 19 nitrogen and oxygen atoms in total. The molecule has 2 aliphatic carbocycles. The molecule has 2 saturated heterocycles. The molecular weight excluding hydrogens is 618 g/mol. The molecule has 19 heteroatoms. The van der Waals surface area contributed by atoms with E-state index in [9.17, 15) is 45.6 Å². The Bertz CT molecular complexity index is 996. The third-order valence-electron chi connectivity index (χ3n) is 9.48. The van der Waals surface area contributed by atoms with Crippen molar-refractivity contribution in [3.05, 3.63) is 0 Å². The molecule has 2 unspecified atom stereocenters. The van der Waals surface area contributed by atoms with Gasteiger partial charge in [0.1, 0.15) is 60.5 Å². The van der Waals surface area contributed by atoms with Crippen LogP contribution in [0.25, 0.3) is 0 Å². The zero-order chi connectivity index (χ0) is 34.1. The molecule has 0 bridgehead atoms. The van der Waals surface area contributed by atoms with E-state index in [0.717, 1.165) is 0 Å². The molecule has 0 spiro atoms. The topological polar surface area (TPSA) is 352 Å². The van der Waals surface area contributed by atoms with Crippen LogP contribution >= 0.6 is 0 Å². The summed E-state index contributed by atoms with van der Waals surface area (Å²) in [5.41, 5.74) is 22.1. The number of hydrogen-bond acceptors (Lipinski definition) is 19. The quantitative estimate of drug-likeness (QED) is 0.0865. The highest BCUT2D eigenvalue weighted by Gasteiger charge is 2.54. The molecule has 2 saturated carbocycles. The summed E-state index contributed by atoms with van der Waals surface area (Å²) in [7, 11) is 0. The van der Waals surface area contributed by atoms with Gasteiger partial charge in [-0.15, -0.1) is 0 Å². The van der Waals surface area contributed by atoms with E-state index in [0.29, 0.717) is 0 Å². The fourth-order valence-corrected chi connectivity index (χ4v) is 6.58. The second kappa shape index (κ2) is 15.7. The van der Waals surface area contributed by atoms with Gasteiger partial charge in [-0.2, -0.15) is 0 Å².